The van der Waals surface area contributed by atoms with E-state index in [0.29, 0.717) is 10.6 Å². The van der Waals surface area contributed by atoms with Crippen molar-refractivity contribution in [3.8, 4) is 0 Å². The highest BCUT2D eigenvalue weighted by molar-refractivity contribution is 6.30. The van der Waals surface area contributed by atoms with E-state index in [2.05, 4.69) is 0 Å². The van der Waals surface area contributed by atoms with Crippen molar-refractivity contribution in [1.82, 2.24) is 0 Å². The fourth-order valence-corrected chi connectivity index (χ4v) is 0.989. The summed E-state index contributed by atoms with van der Waals surface area (Å²) >= 11 is 5.58. The van der Waals surface area contributed by atoms with Crippen molar-refractivity contribution in [2.24, 2.45) is 0 Å². The first-order valence-corrected chi connectivity index (χ1v) is 3.82. The number of carbonyl (C=O) groups is 1. The van der Waals surface area contributed by atoms with Gasteiger partial charge in [-0.25, -0.2) is 9.18 Å². The molecule has 68 valence electrons. The maximum Gasteiger partial charge on any atom is 0.338 e. The zero-order valence-corrected chi connectivity index (χ0v) is 7.25. The van der Waals surface area contributed by atoms with Gasteiger partial charge in [0.1, 0.15) is 6.33 Å². The van der Waals surface area contributed by atoms with E-state index in [9.17, 15) is 9.18 Å². The monoisotopic (exact) mass is 200 g/mol. The van der Waals surface area contributed by atoms with Crippen LogP contribution in [0.3, 0.4) is 0 Å². The summed E-state index contributed by atoms with van der Waals surface area (Å²) in [6.07, 6.45) is 0.0611. The molecule has 0 aliphatic rings. The van der Waals surface area contributed by atoms with Crippen LogP contribution in [0.5, 0.6) is 0 Å². The number of carboxylic acids is 1. The number of carboxylic acid groups (broad SMARTS) is 1. The van der Waals surface area contributed by atoms with Gasteiger partial charge in [-0.2, -0.15) is 0 Å². The molecule has 0 spiro atoms. The molecular formula is C9H6ClFO2. The van der Waals surface area contributed by atoms with Gasteiger partial charge in [0.25, 0.3) is 0 Å². The Balaban J connectivity index is 3.07. The molecule has 0 amide bonds. The number of aliphatic carboxylic acids is 1. The van der Waals surface area contributed by atoms with Gasteiger partial charge in [0.05, 0.1) is 5.57 Å². The van der Waals surface area contributed by atoms with Gasteiger partial charge in [-0.3, -0.25) is 0 Å². The van der Waals surface area contributed by atoms with Crippen molar-refractivity contribution in [1.29, 1.82) is 0 Å². The van der Waals surface area contributed by atoms with Crippen LogP contribution in [0.2, 0.25) is 5.02 Å². The van der Waals surface area contributed by atoms with Crippen molar-refractivity contribution in [2.45, 2.75) is 0 Å². The van der Waals surface area contributed by atoms with Crippen molar-refractivity contribution >= 4 is 23.1 Å². The van der Waals surface area contributed by atoms with Gasteiger partial charge in [-0.1, -0.05) is 23.7 Å². The van der Waals surface area contributed by atoms with Crippen LogP contribution in [-0.2, 0) is 4.79 Å². The minimum atomic E-state index is -1.30. The zero-order chi connectivity index (χ0) is 9.84. The molecule has 0 aliphatic carbocycles. The summed E-state index contributed by atoms with van der Waals surface area (Å²) in [6, 6.07) is 5.90. The summed E-state index contributed by atoms with van der Waals surface area (Å²) in [5.41, 5.74) is -0.0870. The standard InChI is InChI=1S/C9H6ClFO2/c10-7-3-1-6(2-4-7)8(5-11)9(12)13/h1-5H,(H,12,13)/b8-5+. The third kappa shape index (κ3) is 2.29. The molecule has 0 aromatic heterocycles. The van der Waals surface area contributed by atoms with Crippen molar-refractivity contribution in [3.05, 3.63) is 41.2 Å². The lowest BCUT2D eigenvalue weighted by molar-refractivity contribution is -0.130. The first kappa shape index (κ1) is 9.74. The van der Waals surface area contributed by atoms with Gasteiger partial charge in [0.2, 0.25) is 0 Å². The maximum atomic E-state index is 12.1. The van der Waals surface area contributed by atoms with Crippen LogP contribution in [0.4, 0.5) is 4.39 Å². The van der Waals surface area contributed by atoms with Crippen LogP contribution < -0.4 is 0 Å². The highest BCUT2D eigenvalue weighted by atomic mass is 35.5. The van der Waals surface area contributed by atoms with Crippen molar-refractivity contribution < 1.29 is 14.3 Å². The second-order valence-corrected chi connectivity index (χ2v) is 2.77. The first-order valence-electron chi connectivity index (χ1n) is 3.44. The van der Waals surface area contributed by atoms with Crippen LogP contribution in [0.25, 0.3) is 5.57 Å². The minimum absolute atomic E-state index is 0.0611. The van der Waals surface area contributed by atoms with E-state index in [0.717, 1.165) is 0 Å². The number of hydrogen-bond acceptors (Lipinski definition) is 1. The quantitative estimate of drug-likeness (QED) is 0.746. The molecule has 1 aromatic carbocycles. The molecule has 4 heteroatoms. The van der Waals surface area contributed by atoms with Gasteiger partial charge < -0.3 is 5.11 Å². The summed E-state index contributed by atoms with van der Waals surface area (Å²) in [7, 11) is 0. The Morgan fingerprint density at radius 1 is 1.38 bits per heavy atom. The second kappa shape index (κ2) is 4.05. The summed E-state index contributed by atoms with van der Waals surface area (Å²) < 4.78 is 12.1. The van der Waals surface area contributed by atoms with Gasteiger partial charge in [-0.05, 0) is 17.7 Å². The highest BCUT2D eigenvalue weighted by Crippen LogP contribution is 2.17. The molecule has 0 fully saturated rings. The lowest BCUT2D eigenvalue weighted by atomic mass is 10.1. The van der Waals surface area contributed by atoms with E-state index in [1.807, 2.05) is 0 Å². The third-order valence-corrected chi connectivity index (χ3v) is 1.75. The number of rotatable bonds is 2. The minimum Gasteiger partial charge on any atom is -0.478 e. The molecule has 0 unspecified atom stereocenters. The van der Waals surface area contributed by atoms with E-state index >= 15 is 0 Å². The first-order chi connectivity index (χ1) is 6.15. The van der Waals surface area contributed by atoms with E-state index in [4.69, 9.17) is 16.7 Å². The molecule has 1 rings (SSSR count). The Morgan fingerprint density at radius 3 is 2.31 bits per heavy atom. The SMILES string of the molecule is O=C(O)/C(=C/F)c1ccc(Cl)cc1. The zero-order valence-electron chi connectivity index (χ0n) is 6.50. The number of hydrogen-bond donors (Lipinski definition) is 1. The van der Waals surface area contributed by atoms with Gasteiger partial charge in [0.15, 0.2) is 0 Å². The van der Waals surface area contributed by atoms with Crippen LogP contribution in [0.1, 0.15) is 5.56 Å². The fourth-order valence-electron chi connectivity index (χ4n) is 0.863. The maximum absolute atomic E-state index is 12.1. The molecule has 0 heterocycles. The lowest BCUT2D eigenvalue weighted by Gasteiger charge is -1.99. The van der Waals surface area contributed by atoms with Gasteiger partial charge >= 0.3 is 5.97 Å². The van der Waals surface area contributed by atoms with Crippen molar-refractivity contribution in [3.63, 3.8) is 0 Å². The summed E-state index contributed by atoms with van der Waals surface area (Å²) in [4.78, 5) is 10.5. The number of benzene rings is 1. The molecule has 13 heavy (non-hydrogen) atoms. The highest BCUT2D eigenvalue weighted by Gasteiger charge is 2.09. The largest absolute Gasteiger partial charge is 0.478 e. The molecule has 0 atom stereocenters. The average molecular weight is 201 g/mol. The summed E-state index contributed by atoms with van der Waals surface area (Å²) in [6.45, 7) is 0. The molecule has 1 N–H and O–H groups in total. The number of halogens is 2. The topological polar surface area (TPSA) is 37.3 Å². The molecule has 0 bridgehead atoms. The predicted molar refractivity (Wildman–Crippen MR) is 48.2 cm³/mol. The van der Waals surface area contributed by atoms with Crippen LogP contribution >= 0.6 is 11.6 Å². The normalized spacial score (nSPS) is 11.4. The molecule has 0 saturated heterocycles. The third-order valence-electron chi connectivity index (χ3n) is 1.49. The average Bonchev–Trinajstić information content (AvgIpc) is 2.09. The Kier molecular flexibility index (Phi) is 3.03. The van der Waals surface area contributed by atoms with E-state index in [1.165, 1.54) is 24.3 Å². The fraction of sp³-hybridized carbons (Fsp3) is 0. The van der Waals surface area contributed by atoms with Crippen LogP contribution in [0.15, 0.2) is 30.6 Å². The lowest BCUT2D eigenvalue weighted by Crippen LogP contribution is -1.98. The van der Waals surface area contributed by atoms with Crippen LogP contribution in [-0.4, -0.2) is 11.1 Å². The van der Waals surface area contributed by atoms with E-state index < -0.39 is 5.97 Å². The summed E-state index contributed by atoms with van der Waals surface area (Å²) in [5, 5.41) is 9.03. The van der Waals surface area contributed by atoms with E-state index in [-0.39, 0.29) is 11.9 Å². The van der Waals surface area contributed by atoms with Crippen molar-refractivity contribution in [2.75, 3.05) is 0 Å². The summed E-state index contributed by atoms with van der Waals surface area (Å²) in [5.74, 6) is -1.30. The Hall–Kier alpha value is -1.35. The second-order valence-electron chi connectivity index (χ2n) is 2.33. The molecule has 2 nitrogen and oxygen atoms in total. The Bertz CT molecular complexity index is 343. The predicted octanol–water partition coefficient (Wildman–Crippen LogP) is 2.74. The van der Waals surface area contributed by atoms with Gasteiger partial charge in [-0.15, -0.1) is 0 Å². The molecule has 1 aromatic rings. The smallest absolute Gasteiger partial charge is 0.338 e. The molecule has 0 saturated carbocycles. The molecular weight excluding hydrogens is 195 g/mol. The van der Waals surface area contributed by atoms with Crippen LogP contribution in [0, 0.1) is 0 Å². The molecule has 0 aliphatic heterocycles. The van der Waals surface area contributed by atoms with Gasteiger partial charge in [0, 0.05) is 5.02 Å². The molecule has 0 radical (unpaired) electrons. The Labute approximate surface area is 79.3 Å². The Morgan fingerprint density at radius 2 is 1.92 bits per heavy atom. The van der Waals surface area contributed by atoms with E-state index in [1.54, 1.807) is 0 Å².